The van der Waals surface area contributed by atoms with E-state index < -0.39 is 6.09 Å². The quantitative estimate of drug-likeness (QED) is 0.716. The number of hydrogen-bond acceptors (Lipinski definition) is 4. The normalized spacial score (nSPS) is 19.3. The number of urea groups is 1. The Bertz CT molecular complexity index is 1090. The molecule has 2 aromatic rings. The first-order chi connectivity index (χ1) is 16.9. The molecule has 8 heteroatoms. The van der Waals surface area contributed by atoms with E-state index in [4.69, 9.17) is 5.26 Å². The van der Waals surface area contributed by atoms with Crippen LogP contribution in [0.3, 0.4) is 0 Å². The maximum Gasteiger partial charge on any atom is 0.407 e. The third-order valence-electron chi connectivity index (χ3n) is 7.23. The van der Waals surface area contributed by atoms with Crippen molar-refractivity contribution in [3.05, 3.63) is 65.2 Å². The molecule has 3 amide bonds. The molecule has 1 atom stereocenters. The smallest absolute Gasteiger partial charge is 0.407 e. The van der Waals surface area contributed by atoms with Gasteiger partial charge < -0.3 is 14.9 Å². The number of likely N-dealkylation sites (tertiary alicyclic amines) is 1. The minimum atomic E-state index is -0.855. The number of carboxylic acid groups (broad SMARTS) is 1. The predicted molar refractivity (Wildman–Crippen MR) is 134 cm³/mol. The largest absolute Gasteiger partial charge is 0.465 e. The molecule has 0 bridgehead atoms. The summed E-state index contributed by atoms with van der Waals surface area (Å²) in [7, 11) is 1.81. The van der Waals surface area contributed by atoms with Crippen LogP contribution in [0.2, 0.25) is 0 Å². The molecule has 2 saturated heterocycles. The Labute approximate surface area is 207 Å². The van der Waals surface area contributed by atoms with Crippen LogP contribution >= 0.6 is 0 Å². The number of piperazine rings is 1. The number of amides is 3. The summed E-state index contributed by atoms with van der Waals surface area (Å²) in [5.74, 6) is 0.372. The van der Waals surface area contributed by atoms with Crippen molar-refractivity contribution in [3.8, 4) is 6.07 Å². The average Bonchev–Trinajstić information content (AvgIpc) is 2.88. The van der Waals surface area contributed by atoms with Gasteiger partial charge in [0.2, 0.25) is 0 Å². The topological polar surface area (TPSA) is 91.1 Å². The van der Waals surface area contributed by atoms with Crippen molar-refractivity contribution in [1.82, 2.24) is 14.7 Å². The van der Waals surface area contributed by atoms with Crippen LogP contribution in [0.15, 0.2) is 48.5 Å². The monoisotopic (exact) mass is 475 g/mol. The number of carbonyl (C=O) groups excluding carboxylic acids is 1. The molecule has 8 nitrogen and oxygen atoms in total. The Balaban J connectivity index is 1.29. The highest BCUT2D eigenvalue weighted by atomic mass is 16.4. The Morgan fingerprint density at radius 1 is 1.09 bits per heavy atom. The lowest BCUT2D eigenvalue weighted by Gasteiger charge is -2.38. The van der Waals surface area contributed by atoms with E-state index in [1.54, 1.807) is 4.90 Å². The van der Waals surface area contributed by atoms with Gasteiger partial charge in [0, 0.05) is 58.0 Å². The number of nitrogens with zero attached hydrogens (tertiary/aromatic N) is 5. The molecule has 4 rings (SSSR count). The fraction of sp³-hybridized carbons (Fsp3) is 0.444. The molecule has 1 N–H and O–H groups in total. The van der Waals surface area contributed by atoms with Gasteiger partial charge in [-0.15, -0.1) is 0 Å². The van der Waals surface area contributed by atoms with Gasteiger partial charge in [-0.3, -0.25) is 9.80 Å². The van der Waals surface area contributed by atoms with Crippen LogP contribution in [-0.2, 0) is 6.54 Å². The molecule has 2 aliphatic rings. The predicted octanol–water partition coefficient (Wildman–Crippen LogP) is 4.18. The lowest BCUT2D eigenvalue weighted by molar-refractivity contribution is 0.0711. The minimum Gasteiger partial charge on any atom is -0.465 e. The fourth-order valence-electron chi connectivity index (χ4n) is 5.13. The highest BCUT2D eigenvalue weighted by Gasteiger charge is 2.28. The summed E-state index contributed by atoms with van der Waals surface area (Å²) in [5.41, 5.74) is 3.86. The van der Waals surface area contributed by atoms with Gasteiger partial charge in [0.15, 0.2) is 0 Å². The van der Waals surface area contributed by atoms with Crippen LogP contribution in [0.4, 0.5) is 15.3 Å². The SMILES string of the molecule is C[C@H]1CN(Cc2ccc(N(C)C(=O)N3CCC(c4cccc(C#N)c4)CC3)cc2)CCN1C(=O)O. The zero-order valence-electron chi connectivity index (χ0n) is 20.4. The van der Waals surface area contributed by atoms with E-state index in [0.717, 1.165) is 30.6 Å². The number of carbonyl (C=O) groups is 2. The second kappa shape index (κ2) is 10.8. The molecule has 2 heterocycles. The second-order valence-electron chi connectivity index (χ2n) is 9.57. The molecule has 0 aromatic heterocycles. The molecule has 2 aliphatic heterocycles. The van der Waals surface area contributed by atoms with Gasteiger partial charge in [0.1, 0.15) is 0 Å². The highest BCUT2D eigenvalue weighted by Crippen LogP contribution is 2.29. The Kier molecular flexibility index (Phi) is 7.57. The summed E-state index contributed by atoms with van der Waals surface area (Å²) in [4.78, 5) is 31.7. The average molecular weight is 476 g/mol. The van der Waals surface area contributed by atoms with E-state index in [1.807, 2.05) is 61.3 Å². The van der Waals surface area contributed by atoms with Crippen molar-refractivity contribution in [2.24, 2.45) is 0 Å². The zero-order valence-corrected chi connectivity index (χ0v) is 20.4. The lowest BCUT2D eigenvalue weighted by Crippen LogP contribution is -2.53. The fourth-order valence-corrected chi connectivity index (χ4v) is 5.13. The molecular formula is C27H33N5O3. The van der Waals surface area contributed by atoms with E-state index in [9.17, 15) is 14.7 Å². The van der Waals surface area contributed by atoms with Gasteiger partial charge in [0.05, 0.1) is 11.6 Å². The highest BCUT2D eigenvalue weighted by molar-refractivity contribution is 5.91. The summed E-state index contributed by atoms with van der Waals surface area (Å²) >= 11 is 0. The molecule has 35 heavy (non-hydrogen) atoms. The van der Waals surface area contributed by atoms with E-state index in [0.29, 0.717) is 44.2 Å². The molecule has 0 unspecified atom stereocenters. The maximum atomic E-state index is 13.1. The first kappa shape index (κ1) is 24.6. The van der Waals surface area contributed by atoms with Crippen molar-refractivity contribution in [1.29, 1.82) is 5.26 Å². The van der Waals surface area contributed by atoms with Crippen LogP contribution < -0.4 is 4.90 Å². The third-order valence-corrected chi connectivity index (χ3v) is 7.23. The summed E-state index contributed by atoms with van der Waals surface area (Å²) in [5, 5.41) is 18.4. The van der Waals surface area contributed by atoms with Crippen LogP contribution in [0.5, 0.6) is 0 Å². The Morgan fingerprint density at radius 2 is 1.80 bits per heavy atom. The van der Waals surface area contributed by atoms with Gasteiger partial charge in [0.25, 0.3) is 0 Å². The number of anilines is 1. The first-order valence-electron chi connectivity index (χ1n) is 12.2. The number of hydrogen-bond donors (Lipinski definition) is 1. The zero-order chi connectivity index (χ0) is 24.9. The number of rotatable bonds is 4. The van der Waals surface area contributed by atoms with Crippen molar-refractivity contribution in [3.63, 3.8) is 0 Å². The Hall–Kier alpha value is -3.57. The van der Waals surface area contributed by atoms with Crippen LogP contribution in [0.25, 0.3) is 0 Å². The Morgan fingerprint density at radius 3 is 2.43 bits per heavy atom. The van der Waals surface area contributed by atoms with Gasteiger partial charge >= 0.3 is 12.1 Å². The molecule has 0 aliphatic carbocycles. The summed E-state index contributed by atoms with van der Waals surface area (Å²) < 4.78 is 0. The molecule has 184 valence electrons. The lowest BCUT2D eigenvalue weighted by atomic mass is 9.89. The van der Waals surface area contributed by atoms with Gasteiger partial charge in [-0.1, -0.05) is 24.3 Å². The van der Waals surface area contributed by atoms with Crippen molar-refractivity contribution in [2.75, 3.05) is 44.7 Å². The van der Waals surface area contributed by atoms with E-state index in [1.165, 1.54) is 10.5 Å². The van der Waals surface area contributed by atoms with E-state index in [2.05, 4.69) is 17.0 Å². The summed E-state index contributed by atoms with van der Waals surface area (Å²) in [6, 6.07) is 18.0. The van der Waals surface area contributed by atoms with Crippen LogP contribution in [-0.4, -0.2) is 77.7 Å². The van der Waals surface area contributed by atoms with Crippen LogP contribution in [0.1, 0.15) is 42.4 Å². The first-order valence-corrected chi connectivity index (χ1v) is 12.2. The number of nitriles is 1. The minimum absolute atomic E-state index is 0.000549. The molecule has 0 saturated carbocycles. The van der Waals surface area contributed by atoms with E-state index in [-0.39, 0.29) is 12.1 Å². The standard InChI is InChI=1S/C27H33N5O3/c1-20-18-30(14-15-32(20)27(34)35)19-21-6-8-25(9-7-21)29(2)26(33)31-12-10-23(11-13-31)24-5-3-4-22(16-24)17-28/h3-9,16,20,23H,10-15,18-19H2,1-2H3,(H,34,35)/t20-/m0/s1. The molecule has 0 radical (unpaired) electrons. The third kappa shape index (κ3) is 5.75. The van der Waals surface area contributed by atoms with Gasteiger partial charge in [-0.05, 0) is 61.1 Å². The van der Waals surface area contributed by atoms with Crippen LogP contribution in [0, 0.1) is 11.3 Å². The molecule has 2 aromatic carbocycles. The summed E-state index contributed by atoms with van der Waals surface area (Å²) in [6.07, 6.45) is 0.925. The van der Waals surface area contributed by atoms with E-state index >= 15 is 0 Å². The molecule has 0 spiro atoms. The van der Waals surface area contributed by atoms with Gasteiger partial charge in [-0.2, -0.15) is 5.26 Å². The maximum absolute atomic E-state index is 13.1. The number of piperidine rings is 1. The van der Waals surface area contributed by atoms with Crippen molar-refractivity contribution < 1.29 is 14.7 Å². The number of benzene rings is 2. The van der Waals surface area contributed by atoms with Crippen molar-refractivity contribution >= 4 is 17.8 Å². The molecular weight excluding hydrogens is 442 g/mol. The molecule has 2 fully saturated rings. The van der Waals surface area contributed by atoms with Gasteiger partial charge in [-0.25, -0.2) is 9.59 Å². The second-order valence-corrected chi connectivity index (χ2v) is 9.57. The van der Waals surface area contributed by atoms with Crippen molar-refractivity contribution in [2.45, 2.75) is 38.3 Å². The summed E-state index contributed by atoms with van der Waals surface area (Å²) in [6.45, 7) is 6.04.